The summed E-state index contributed by atoms with van der Waals surface area (Å²) in [5, 5.41) is 0. The first-order valence-electron chi connectivity index (χ1n) is 6.91. The number of rotatable bonds is 3. The van der Waals surface area contributed by atoms with E-state index in [-0.39, 0.29) is 0 Å². The zero-order chi connectivity index (χ0) is 12.4. The summed E-state index contributed by atoms with van der Waals surface area (Å²) < 4.78 is 5.39. The molecule has 96 valence electrons. The minimum atomic E-state index is 0.472. The lowest BCUT2D eigenvalue weighted by Crippen LogP contribution is -2.23. The Hall–Kier alpha value is -1.35. The van der Waals surface area contributed by atoms with Crippen LogP contribution in [0.3, 0.4) is 0 Å². The second-order valence-electron chi connectivity index (χ2n) is 5.32. The van der Waals surface area contributed by atoms with E-state index < -0.39 is 0 Å². The van der Waals surface area contributed by atoms with Crippen LogP contribution in [0.1, 0.15) is 43.6 Å². The molecule has 3 rings (SSSR count). The predicted octanol–water partition coefficient (Wildman–Crippen LogP) is 3.45. The monoisotopic (exact) mass is 244 g/mol. The maximum absolute atomic E-state index is 6.01. The average molecular weight is 244 g/mol. The van der Waals surface area contributed by atoms with Gasteiger partial charge >= 0.3 is 0 Å². The lowest BCUT2D eigenvalue weighted by atomic mass is 9.77. The Kier molecular flexibility index (Phi) is 3.33. The first-order valence-corrected chi connectivity index (χ1v) is 6.91. The van der Waals surface area contributed by atoms with E-state index in [1.165, 1.54) is 44.1 Å². The average Bonchev–Trinajstić information content (AvgIpc) is 2.88. The SMILES string of the molecule is NCC(c1ccc2ncoc2c1)C1CCCCC1. The van der Waals surface area contributed by atoms with E-state index in [1.54, 1.807) is 0 Å². The normalized spacial score (nSPS) is 19.2. The Labute approximate surface area is 107 Å². The molecule has 1 aromatic carbocycles. The summed E-state index contributed by atoms with van der Waals surface area (Å²) >= 11 is 0. The molecule has 0 radical (unpaired) electrons. The number of oxazole rings is 1. The zero-order valence-corrected chi connectivity index (χ0v) is 10.6. The molecule has 1 unspecified atom stereocenters. The third kappa shape index (κ3) is 2.15. The summed E-state index contributed by atoms with van der Waals surface area (Å²) in [6.07, 6.45) is 8.23. The van der Waals surface area contributed by atoms with Crippen LogP contribution in [0.25, 0.3) is 11.1 Å². The Morgan fingerprint density at radius 1 is 1.28 bits per heavy atom. The van der Waals surface area contributed by atoms with Crippen molar-refractivity contribution in [1.29, 1.82) is 0 Å². The van der Waals surface area contributed by atoms with E-state index in [1.807, 2.05) is 6.07 Å². The van der Waals surface area contributed by atoms with Crippen molar-refractivity contribution >= 4 is 11.1 Å². The predicted molar refractivity (Wildman–Crippen MR) is 72.4 cm³/mol. The largest absolute Gasteiger partial charge is 0.443 e. The summed E-state index contributed by atoms with van der Waals surface area (Å²) in [6, 6.07) is 6.32. The van der Waals surface area contributed by atoms with Crippen LogP contribution in [0.2, 0.25) is 0 Å². The zero-order valence-electron chi connectivity index (χ0n) is 10.6. The highest BCUT2D eigenvalue weighted by molar-refractivity contribution is 5.72. The van der Waals surface area contributed by atoms with Gasteiger partial charge in [-0.1, -0.05) is 25.3 Å². The van der Waals surface area contributed by atoms with Gasteiger partial charge in [-0.15, -0.1) is 0 Å². The molecule has 0 bridgehead atoms. The van der Waals surface area contributed by atoms with Crippen molar-refractivity contribution in [3.05, 3.63) is 30.2 Å². The van der Waals surface area contributed by atoms with Crippen LogP contribution in [0.5, 0.6) is 0 Å². The number of hydrogen-bond acceptors (Lipinski definition) is 3. The molecule has 3 nitrogen and oxygen atoms in total. The fraction of sp³-hybridized carbons (Fsp3) is 0.533. The molecule has 1 aliphatic rings. The maximum Gasteiger partial charge on any atom is 0.181 e. The molecule has 0 aliphatic heterocycles. The van der Waals surface area contributed by atoms with Crippen LogP contribution >= 0.6 is 0 Å². The molecule has 2 aromatic rings. The number of nitrogens with zero attached hydrogens (tertiary/aromatic N) is 1. The van der Waals surface area contributed by atoms with Crippen molar-refractivity contribution < 1.29 is 4.42 Å². The molecule has 2 N–H and O–H groups in total. The van der Waals surface area contributed by atoms with Crippen LogP contribution in [-0.2, 0) is 0 Å². The molecule has 0 amide bonds. The van der Waals surface area contributed by atoms with Gasteiger partial charge in [0.1, 0.15) is 5.52 Å². The van der Waals surface area contributed by atoms with Crippen molar-refractivity contribution in [1.82, 2.24) is 4.98 Å². The van der Waals surface area contributed by atoms with Crippen molar-refractivity contribution in [2.75, 3.05) is 6.54 Å². The highest BCUT2D eigenvalue weighted by Gasteiger charge is 2.24. The van der Waals surface area contributed by atoms with Crippen LogP contribution in [0.4, 0.5) is 0 Å². The second kappa shape index (κ2) is 5.11. The van der Waals surface area contributed by atoms with Crippen molar-refractivity contribution in [3.8, 4) is 0 Å². The van der Waals surface area contributed by atoms with Gasteiger partial charge in [0.15, 0.2) is 12.0 Å². The van der Waals surface area contributed by atoms with E-state index in [0.717, 1.165) is 23.6 Å². The minimum absolute atomic E-state index is 0.472. The molecule has 1 atom stereocenters. The van der Waals surface area contributed by atoms with Crippen LogP contribution in [0, 0.1) is 5.92 Å². The topological polar surface area (TPSA) is 52.0 Å². The molecule has 3 heteroatoms. The summed E-state index contributed by atoms with van der Waals surface area (Å²) in [4.78, 5) is 4.16. The standard InChI is InChI=1S/C15H20N2O/c16-9-13(11-4-2-1-3-5-11)12-6-7-14-15(8-12)18-10-17-14/h6-8,10-11,13H,1-5,9,16H2. The molecule has 0 spiro atoms. The molecule has 1 heterocycles. The Bertz CT molecular complexity index is 514. The van der Waals surface area contributed by atoms with Gasteiger partial charge < -0.3 is 10.2 Å². The number of hydrogen-bond donors (Lipinski definition) is 1. The van der Waals surface area contributed by atoms with Gasteiger partial charge in [0.05, 0.1) is 0 Å². The van der Waals surface area contributed by atoms with Crippen LogP contribution < -0.4 is 5.73 Å². The molecular formula is C15H20N2O. The quantitative estimate of drug-likeness (QED) is 0.899. The molecule has 0 saturated heterocycles. The summed E-state index contributed by atoms with van der Waals surface area (Å²) in [7, 11) is 0. The second-order valence-corrected chi connectivity index (χ2v) is 5.32. The Balaban J connectivity index is 1.89. The summed E-state index contributed by atoms with van der Waals surface area (Å²) in [5.74, 6) is 1.21. The Morgan fingerprint density at radius 3 is 2.89 bits per heavy atom. The van der Waals surface area contributed by atoms with E-state index in [9.17, 15) is 0 Å². The molecule has 18 heavy (non-hydrogen) atoms. The van der Waals surface area contributed by atoms with Gasteiger partial charge in [0.2, 0.25) is 0 Å². The van der Waals surface area contributed by atoms with E-state index in [0.29, 0.717) is 5.92 Å². The van der Waals surface area contributed by atoms with Gasteiger partial charge in [-0.3, -0.25) is 0 Å². The van der Waals surface area contributed by atoms with Gasteiger partial charge in [0, 0.05) is 0 Å². The summed E-state index contributed by atoms with van der Waals surface area (Å²) in [5.41, 5.74) is 9.13. The van der Waals surface area contributed by atoms with E-state index in [4.69, 9.17) is 10.2 Å². The minimum Gasteiger partial charge on any atom is -0.443 e. The van der Waals surface area contributed by atoms with Crippen LogP contribution in [0.15, 0.2) is 29.0 Å². The Morgan fingerprint density at radius 2 is 2.11 bits per heavy atom. The van der Waals surface area contributed by atoms with Gasteiger partial charge in [-0.05, 0) is 48.9 Å². The lowest BCUT2D eigenvalue weighted by Gasteiger charge is -2.29. The van der Waals surface area contributed by atoms with Gasteiger partial charge in [-0.25, -0.2) is 4.98 Å². The third-order valence-corrected chi connectivity index (χ3v) is 4.26. The van der Waals surface area contributed by atoms with E-state index >= 15 is 0 Å². The fourth-order valence-corrected chi connectivity index (χ4v) is 3.24. The number of fused-ring (bicyclic) bond motifs is 1. The lowest BCUT2D eigenvalue weighted by molar-refractivity contribution is 0.307. The number of aromatic nitrogens is 1. The molecule has 1 aromatic heterocycles. The molecule has 1 saturated carbocycles. The number of nitrogens with two attached hydrogens (primary N) is 1. The van der Waals surface area contributed by atoms with Crippen molar-refractivity contribution in [2.24, 2.45) is 11.7 Å². The molecule has 1 aliphatic carbocycles. The van der Waals surface area contributed by atoms with Gasteiger partial charge in [0.25, 0.3) is 0 Å². The first-order chi connectivity index (χ1) is 8.88. The summed E-state index contributed by atoms with van der Waals surface area (Å²) in [6.45, 7) is 0.726. The fourth-order valence-electron chi connectivity index (χ4n) is 3.24. The van der Waals surface area contributed by atoms with Crippen molar-refractivity contribution in [3.63, 3.8) is 0 Å². The molecule has 1 fully saturated rings. The van der Waals surface area contributed by atoms with Crippen molar-refractivity contribution in [2.45, 2.75) is 38.0 Å². The first kappa shape index (κ1) is 11.7. The highest BCUT2D eigenvalue weighted by Crippen LogP contribution is 2.36. The maximum atomic E-state index is 6.01. The van der Waals surface area contributed by atoms with E-state index in [2.05, 4.69) is 17.1 Å². The third-order valence-electron chi connectivity index (χ3n) is 4.26. The molecular weight excluding hydrogens is 224 g/mol. The highest BCUT2D eigenvalue weighted by atomic mass is 16.3. The smallest absolute Gasteiger partial charge is 0.181 e. The number of benzene rings is 1. The van der Waals surface area contributed by atoms with Gasteiger partial charge in [-0.2, -0.15) is 0 Å². The van der Waals surface area contributed by atoms with Crippen LogP contribution in [-0.4, -0.2) is 11.5 Å².